The molecule has 4 nitrogen and oxygen atoms in total. The molecule has 0 N–H and O–H groups in total. The van der Waals surface area contributed by atoms with Crippen LogP contribution in [-0.4, -0.2) is 31.9 Å². The third-order valence-corrected chi connectivity index (χ3v) is 4.16. The molecule has 2 rings (SSSR count). The smallest absolute Gasteiger partial charge is 0.338 e. The summed E-state index contributed by atoms with van der Waals surface area (Å²) in [5.74, 6) is 1.02. The quantitative estimate of drug-likeness (QED) is 0.674. The number of halogens is 1. The number of ether oxygens (including phenoxy) is 3. The summed E-state index contributed by atoms with van der Waals surface area (Å²) < 4.78 is 17.2. The van der Waals surface area contributed by atoms with Crippen LogP contribution in [0.3, 0.4) is 0 Å². The van der Waals surface area contributed by atoms with Crippen molar-refractivity contribution in [2.24, 2.45) is 5.92 Å². The lowest BCUT2D eigenvalue weighted by molar-refractivity contribution is 0.0161. The van der Waals surface area contributed by atoms with E-state index in [1.807, 2.05) is 0 Å². The van der Waals surface area contributed by atoms with Gasteiger partial charge >= 0.3 is 5.97 Å². The van der Waals surface area contributed by atoms with Crippen LogP contribution >= 0.6 is 15.9 Å². The fourth-order valence-corrected chi connectivity index (χ4v) is 2.67. The standard InChI is InChI=1S/C17H23BrO4/c1-12(2)7-9-21-16-6-5-13(10-15(16)18)17(19)22-11-14-4-3-8-20-14/h5-6,10,12,14H,3-4,7-9,11H2,1-2H3. The summed E-state index contributed by atoms with van der Waals surface area (Å²) in [6.07, 6.45) is 3.04. The largest absolute Gasteiger partial charge is 0.492 e. The summed E-state index contributed by atoms with van der Waals surface area (Å²) >= 11 is 3.44. The number of hydrogen-bond donors (Lipinski definition) is 0. The van der Waals surface area contributed by atoms with E-state index >= 15 is 0 Å². The molecule has 22 heavy (non-hydrogen) atoms. The highest BCUT2D eigenvalue weighted by molar-refractivity contribution is 9.10. The first kappa shape index (κ1) is 17.3. The number of rotatable bonds is 7. The third kappa shape index (κ3) is 5.29. The molecule has 1 atom stereocenters. The van der Waals surface area contributed by atoms with E-state index in [9.17, 15) is 4.79 Å². The Morgan fingerprint density at radius 1 is 1.45 bits per heavy atom. The van der Waals surface area contributed by atoms with Gasteiger partial charge in [0.25, 0.3) is 0 Å². The van der Waals surface area contributed by atoms with Crippen LogP contribution in [0.4, 0.5) is 0 Å². The van der Waals surface area contributed by atoms with Crippen LogP contribution in [0.2, 0.25) is 0 Å². The van der Waals surface area contributed by atoms with Gasteiger partial charge in [0.05, 0.1) is 22.7 Å². The van der Waals surface area contributed by atoms with Crippen LogP contribution < -0.4 is 4.74 Å². The molecule has 0 aliphatic carbocycles. The predicted molar refractivity (Wildman–Crippen MR) is 88.3 cm³/mol. The number of carbonyl (C=O) groups excluding carboxylic acids is 1. The third-order valence-electron chi connectivity index (χ3n) is 3.54. The van der Waals surface area contributed by atoms with Gasteiger partial charge < -0.3 is 14.2 Å². The Bertz CT molecular complexity index is 495. The fraction of sp³-hybridized carbons (Fsp3) is 0.588. The van der Waals surface area contributed by atoms with Gasteiger partial charge in [-0.2, -0.15) is 0 Å². The average Bonchev–Trinajstić information content (AvgIpc) is 2.99. The molecule has 1 saturated heterocycles. The van der Waals surface area contributed by atoms with E-state index in [0.717, 1.165) is 36.1 Å². The molecule has 1 fully saturated rings. The Morgan fingerprint density at radius 3 is 2.91 bits per heavy atom. The molecular weight excluding hydrogens is 348 g/mol. The van der Waals surface area contributed by atoms with Gasteiger partial charge in [0.15, 0.2) is 0 Å². The molecule has 1 unspecified atom stereocenters. The Morgan fingerprint density at radius 2 is 2.27 bits per heavy atom. The summed E-state index contributed by atoms with van der Waals surface area (Å²) in [7, 11) is 0. The number of benzene rings is 1. The normalized spacial score (nSPS) is 17.7. The number of hydrogen-bond acceptors (Lipinski definition) is 4. The molecule has 122 valence electrons. The second-order valence-corrected chi connectivity index (χ2v) is 6.76. The van der Waals surface area contributed by atoms with Gasteiger partial charge in [-0.25, -0.2) is 4.79 Å². The zero-order valence-electron chi connectivity index (χ0n) is 13.1. The summed E-state index contributed by atoms with van der Waals surface area (Å²) in [5.41, 5.74) is 0.515. The van der Waals surface area contributed by atoms with Crippen molar-refractivity contribution in [3.05, 3.63) is 28.2 Å². The molecule has 0 radical (unpaired) electrons. The number of esters is 1. The maximum atomic E-state index is 12.0. The van der Waals surface area contributed by atoms with E-state index in [4.69, 9.17) is 14.2 Å². The van der Waals surface area contributed by atoms with Crippen molar-refractivity contribution >= 4 is 21.9 Å². The van der Waals surface area contributed by atoms with Crippen molar-refractivity contribution in [2.45, 2.75) is 39.2 Å². The summed E-state index contributed by atoms with van der Waals surface area (Å²) in [4.78, 5) is 12.0. The van der Waals surface area contributed by atoms with Crippen LogP contribution in [0.25, 0.3) is 0 Å². The molecule has 0 spiro atoms. The van der Waals surface area contributed by atoms with Crippen molar-refractivity contribution in [3.63, 3.8) is 0 Å². The van der Waals surface area contributed by atoms with Crippen LogP contribution in [0, 0.1) is 5.92 Å². The van der Waals surface area contributed by atoms with E-state index in [2.05, 4.69) is 29.8 Å². The van der Waals surface area contributed by atoms with E-state index in [1.165, 1.54) is 0 Å². The van der Waals surface area contributed by atoms with Crippen LogP contribution in [0.15, 0.2) is 22.7 Å². The molecule has 1 aromatic rings. The van der Waals surface area contributed by atoms with Crippen molar-refractivity contribution in [2.75, 3.05) is 19.8 Å². The van der Waals surface area contributed by atoms with Crippen molar-refractivity contribution in [1.82, 2.24) is 0 Å². The topological polar surface area (TPSA) is 44.8 Å². The number of carbonyl (C=O) groups is 1. The minimum Gasteiger partial charge on any atom is -0.492 e. The van der Waals surface area contributed by atoms with Gasteiger partial charge in [0.2, 0.25) is 0 Å². The average molecular weight is 371 g/mol. The molecule has 1 aliphatic rings. The van der Waals surface area contributed by atoms with Gasteiger partial charge in [0, 0.05) is 6.61 Å². The summed E-state index contributed by atoms with van der Waals surface area (Å²) in [5, 5.41) is 0. The van der Waals surface area contributed by atoms with Crippen molar-refractivity contribution in [3.8, 4) is 5.75 Å². The van der Waals surface area contributed by atoms with Crippen LogP contribution in [0.5, 0.6) is 5.75 Å². The van der Waals surface area contributed by atoms with Gasteiger partial charge in [-0.3, -0.25) is 0 Å². The lowest BCUT2D eigenvalue weighted by Crippen LogP contribution is -2.17. The zero-order chi connectivity index (χ0) is 15.9. The lowest BCUT2D eigenvalue weighted by Gasteiger charge is -2.12. The maximum absolute atomic E-state index is 12.0. The van der Waals surface area contributed by atoms with E-state index in [-0.39, 0.29) is 12.1 Å². The monoisotopic (exact) mass is 370 g/mol. The van der Waals surface area contributed by atoms with E-state index in [0.29, 0.717) is 24.7 Å². The summed E-state index contributed by atoms with van der Waals surface area (Å²) in [6.45, 7) is 6.06. The molecule has 5 heteroatoms. The van der Waals surface area contributed by atoms with E-state index in [1.54, 1.807) is 18.2 Å². The molecular formula is C17H23BrO4. The van der Waals surface area contributed by atoms with E-state index < -0.39 is 0 Å². The SMILES string of the molecule is CC(C)CCOc1ccc(C(=O)OCC2CCCO2)cc1Br. The molecule has 0 amide bonds. The fourth-order valence-electron chi connectivity index (χ4n) is 2.18. The van der Waals surface area contributed by atoms with Gasteiger partial charge in [-0.1, -0.05) is 13.8 Å². The Balaban J connectivity index is 1.85. The Hall–Kier alpha value is -1.07. The minimum atomic E-state index is -0.329. The molecule has 1 heterocycles. The highest BCUT2D eigenvalue weighted by atomic mass is 79.9. The first-order valence-corrected chi connectivity index (χ1v) is 8.56. The molecule has 0 aromatic heterocycles. The van der Waals surface area contributed by atoms with Gasteiger partial charge in [-0.15, -0.1) is 0 Å². The zero-order valence-corrected chi connectivity index (χ0v) is 14.7. The molecule has 1 aliphatic heterocycles. The highest BCUT2D eigenvalue weighted by Gasteiger charge is 2.18. The minimum absolute atomic E-state index is 0.0473. The first-order chi connectivity index (χ1) is 10.6. The Labute approximate surface area is 140 Å². The predicted octanol–water partition coefficient (Wildman–Crippen LogP) is 4.21. The Kier molecular flexibility index (Phi) is 6.70. The summed E-state index contributed by atoms with van der Waals surface area (Å²) in [6, 6.07) is 5.27. The van der Waals surface area contributed by atoms with Crippen molar-refractivity contribution in [1.29, 1.82) is 0 Å². The molecule has 0 saturated carbocycles. The van der Waals surface area contributed by atoms with Crippen LogP contribution in [0.1, 0.15) is 43.5 Å². The van der Waals surface area contributed by atoms with Gasteiger partial charge in [0.1, 0.15) is 12.4 Å². The maximum Gasteiger partial charge on any atom is 0.338 e. The molecule has 1 aromatic carbocycles. The van der Waals surface area contributed by atoms with Crippen molar-refractivity contribution < 1.29 is 19.0 Å². The molecule has 0 bridgehead atoms. The lowest BCUT2D eigenvalue weighted by atomic mass is 10.1. The second-order valence-electron chi connectivity index (χ2n) is 5.91. The van der Waals surface area contributed by atoms with Crippen LogP contribution in [-0.2, 0) is 9.47 Å². The first-order valence-electron chi connectivity index (χ1n) is 7.77. The van der Waals surface area contributed by atoms with Gasteiger partial charge in [-0.05, 0) is 59.3 Å². The second kappa shape index (κ2) is 8.53. The highest BCUT2D eigenvalue weighted by Crippen LogP contribution is 2.27.